The molecule has 2 aromatic rings. The first-order valence-corrected chi connectivity index (χ1v) is 11.6. The van der Waals surface area contributed by atoms with Crippen LogP contribution in [0.1, 0.15) is 18.4 Å². The van der Waals surface area contributed by atoms with E-state index in [1.807, 2.05) is 11.8 Å². The van der Waals surface area contributed by atoms with Crippen LogP contribution in [0.15, 0.2) is 47.4 Å². The molecule has 1 unspecified atom stereocenters. The summed E-state index contributed by atoms with van der Waals surface area (Å²) >= 11 is 5.74. The van der Waals surface area contributed by atoms with E-state index in [-0.39, 0.29) is 28.3 Å². The molecule has 1 fully saturated rings. The van der Waals surface area contributed by atoms with Crippen molar-refractivity contribution < 1.29 is 17.6 Å². The van der Waals surface area contributed by atoms with Crippen LogP contribution in [0.4, 0.5) is 10.1 Å². The maximum absolute atomic E-state index is 13.2. The number of carbonyl (C=O) groups is 1. The summed E-state index contributed by atoms with van der Waals surface area (Å²) in [4.78, 5) is 14.6. The van der Waals surface area contributed by atoms with Crippen molar-refractivity contribution in [3.8, 4) is 0 Å². The molecule has 2 N–H and O–H groups in total. The number of likely N-dealkylation sites (tertiary alicyclic amines) is 1. The number of hydrogen-bond acceptors (Lipinski definition) is 4. The van der Waals surface area contributed by atoms with Crippen molar-refractivity contribution in [2.24, 2.45) is 5.92 Å². The minimum atomic E-state index is -3.56. The minimum Gasteiger partial charge on any atom is -0.325 e. The Morgan fingerprint density at radius 1 is 1.23 bits per heavy atom. The fraction of sp³-hybridized carbons (Fsp3) is 0.381. The lowest BCUT2D eigenvalue weighted by Crippen LogP contribution is -2.43. The molecule has 30 heavy (non-hydrogen) atoms. The number of piperidine rings is 1. The first kappa shape index (κ1) is 22.7. The summed E-state index contributed by atoms with van der Waals surface area (Å²) in [6.07, 6.45) is 1.77. The fourth-order valence-corrected chi connectivity index (χ4v) is 4.76. The van der Waals surface area contributed by atoms with E-state index in [4.69, 9.17) is 11.6 Å². The Hall–Kier alpha value is -2.00. The summed E-state index contributed by atoms with van der Waals surface area (Å²) < 4.78 is 40.9. The van der Waals surface area contributed by atoms with Gasteiger partial charge in [-0.25, -0.2) is 17.5 Å². The molecule has 0 aliphatic carbocycles. The molecule has 1 heterocycles. The number of amides is 1. The number of rotatable bonds is 7. The van der Waals surface area contributed by atoms with Gasteiger partial charge in [-0.2, -0.15) is 0 Å². The minimum absolute atomic E-state index is 0.0494. The second-order valence-corrected chi connectivity index (χ2v) is 9.76. The van der Waals surface area contributed by atoms with Crippen molar-refractivity contribution in [3.63, 3.8) is 0 Å². The van der Waals surface area contributed by atoms with E-state index < -0.39 is 15.8 Å². The van der Waals surface area contributed by atoms with Crippen molar-refractivity contribution in [2.45, 2.75) is 24.7 Å². The van der Waals surface area contributed by atoms with Crippen LogP contribution in [0.5, 0.6) is 0 Å². The maximum Gasteiger partial charge on any atom is 0.240 e. The quantitative estimate of drug-likeness (QED) is 0.673. The lowest BCUT2D eigenvalue weighted by atomic mass is 9.98. The van der Waals surface area contributed by atoms with E-state index in [1.54, 1.807) is 24.3 Å². The van der Waals surface area contributed by atoms with Crippen LogP contribution in [0, 0.1) is 18.7 Å². The first-order valence-electron chi connectivity index (χ1n) is 9.76. The Kier molecular flexibility index (Phi) is 7.46. The smallest absolute Gasteiger partial charge is 0.240 e. The second kappa shape index (κ2) is 9.87. The molecule has 6 nitrogen and oxygen atoms in total. The number of aryl methyl sites for hydroxylation is 1. The Bertz CT molecular complexity index is 999. The van der Waals surface area contributed by atoms with Gasteiger partial charge < -0.3 is 5.32 Å². The molecule has 0 saturated carbocycles. The number of nitrogens with zero attached hydrogens (tertiary/aromatic N) is 1. The van der Waals surface area contributed by atoms with E-state index in [2.05, 4.69) is 10.0 Å². The molecular weight excluding hydrogens is 429 g/mol. The highest BCUT2D eigenvalue weighted by Gasteiger charge is 2.24. The summed E-state index contributed by atoms with van der Waals surface area (Å²) in [7, 11) is -3.56. The Balaban J connectivity index is 1.50. The summed E-state index contributed by atoms with van der Waals surface area (Å²) in [5.74, 6) is -0.646. The van der Waals surface area contributed by atoms with Crippen LogP contribution in [-0.4, -0.2) is 45.4 Å². The van der Waals surface area contributed by atoms with Gasteiger partial charge in [0, 0.05) is 18.8 Å². The van der Waals surface area contributed by atoms with Gasteiger partial charge in [-0.15, -0.1) is 0 Å². The largest absolute Gasteiger partial charge is 0.325 e. The molecule has 1 aliphatic rings. The van der Waals surface area contributed by atoms with Gasteiger partial charge in [-0.05, 0) is 62.6 Å². The molecule has 0 aromatic heterocycles. The lowest BCUT2D eigenvalue weighted by molar-refractivity contribution is -0.117. The summed E-state index contributed by atoms with van der Waals surface area (Å²) in [6.45, 7) is 3.78. The SMILES string of the molecule is Cc1ccc(S(=O)(=O)NCC2CCCN(CC(=O)Nc3ccc(F)c(Cl)c3)C2)cc1. The molecule has 1 amide bonds. The Labute approximate surface area is 181 Å². The zero-order valence-electron chi connectivity index (χ0n) is 16.7. The van der Waals surface area contributed by atoms with Gasteiger partial charge in [0.15, 0.2) is 0 Å². The molecule has 3 rings (SSSR count). The van der Waals surface area contributed by atoms with Gasteiger partial charge in [0.25, 0.3) is 0 Å². The normalized spacial score (nSPS) is 17.6. The monoisotopic (exact) mass is 453 g/mol. The van der Waals surface area contributed by atoms with Crippen LogP contribution < -0.4 is 10.0 Å². The third-order valence-electron chi connectivity index (χ3n) is 5.07. The molecule has 1 atom stereocenters. The number of nitrogens with one attached hydrogen (secondary N) is 2. The fourth-order valence-electron chi connectivity index (χ4n) is 3.47. The number of carbonyl (C=O) groups excluding carboxylic acids is 1. The number of hydrogen-bond donors (Lipinski definition) is 2. The number of benzene rings is 2. The van der Waals surface area contributed by atoms with Gasteiger partial charge in [-0.1, -0.05) is 29.3 Å². The van der Waals surface area contributed by atoms with E-state index in [9.17, 15) is 17.6 Å². The number of halogens is 2. The van der Waals surface area contributed by atoms with Gasteiger partial charge in [0.2, 0.25) is 15.9 Å². The first-order chi connectivity index (χ1) is 14.2. The molecule has 0 spiro atoms. The third-order valence-corrected chi connectivity index (χ3v) is 6.80. The number of sulfonamides is 1. The highest BCUT2D eigenvalue weighted by Crippen LogP contribution is 2.20. The zero-order valence-corrected chi connectivity index (χ0v) is 18.3. The summed E-state index contributed by atoms with van der Waals surface area (Å²) in [5, 5.41) is 2.66. The molecule has 2 aromatic carbocycles. The summed E-state index contributed by atoms with van der Waals surface area (Å²) in [6, 6.07) is 10.8. The Morgan fingerprint density at radius 3 is 2.67 bits per heavy atom. The van der Waals surface area contributed by atoms with Crippen molar-refractivity contribution >= 4 is 33.2 Å². The predicted molar refractivity (Wildman–Crippen MR) is 116 cm³/mol. The molecule has 0 radical (unpaired) electrons. The molecule has 1 aliphatic heterocycles. The van der Waals surface area contributed by atoms with E-state index in [0.717, 1.165) is 24.9 Å². The van der Waals surface area contributed by atoms with Gasteiger partial charge in [0.05, 0.1) is 16.5 Å². The lowest BCUT2D eigenvalue weighted by Gasteiger charge is -2.32. The van der Waals surface area contributed by atoms with Gasteiger partial charge in [0.1, 0.15) is 5.82 Å². The van der Waals surface area contributed by atoms with Gasteiger partial charge in [-0.3, -0.25) is 9.69 Å². The van der Waals surface area contributed by atoms with Crippen molar-refractivity contribution in [3.05, 3.63) is 58.9 Å². The molecule has 1 saturated heterocycles. The van der Waals surface area contributed by atoms with Crippen LogP contribution in [0.25, 0.3) is 0 Å². The average Bonchev–Trinajstić information content (AvgIpc) is 2.70. The highest BCUT2D eigenvalue weighted by molar-refractivity contribution is 7.89. The maximum atomic E-state index is 13.2. The zero-order chi connectivity index (χ0) is 21.7. The van der Waals surface area contributed by atoms with E-state index >= 15 is 0 Å². The topological polar surface area (TPSA) is 78.5 Å². The predicted octanol–water partition coefficient (Wildman–Crippen LogP) is 3.42. The van der Waals surface area contributed by atoms with E-state index in [0.29, 0.717) is 18.8 Å². The van der Waals surface area contributed by atoms with Crippen molar-refractivity contribution in [2.75, 3.05) is 31.5 Å². The van der Waals surface area contributed by atoms with E-state index in [1.165, 1.54) is 18.2 Å². The summed E-state index contributed by atoms with van der Waals surface area (Å²) in [5.41, 5.74) is 1.43. The van der Waals surface area contributed by atoms with Crippen LogP contribution >= 0.6 is 11.6 Å². The molecular formula is C21H25ClFN3O3S. The van der Waals surface area contributed by atoms with Crippen LogP contribution in [-0.2, 0) is 14.8 Å². The molecule has 0 bridgehead atoms. The van der Waals surface area contributed by atoms with Crippen molar-refractivity contribution in [1.29, 1.82) is 0 Å². The Morgan fingerprint density at radius 2 is 1.97 bits per heavy atom. The molecule has 9 heteroatoms. The average molecular weight is 454 g/mol. The molecule has 162 valence electrons. The third kappa shape index (κ3) is 6.25. The van der Waals surface area contributed by atoms with Gasteiger partial charge >= 0.3 is 0 Å². The van der Waals surface area contributed by atoms with Crippen molar-refractivity contribution in [1.82, 2.24) is 9.62 Å². The van der Waals surface area contributed by atoms with Crippen LogP contribution in [0.3, 0.4) is 0 Å². The highest BCUT2D eigenvalue weighted by atomic mass is 35.5. The standard InChI is InChI=1S/C21H25ClFN3O3S/c1-15-4-7-18(8-5-15)30(28,29)24-12-16-3-2-10-26(13-16)14-21(27)25-17-6-9-20(23)19(22)11-17/h4-9,11,16,24H,2-3,10,12-14H2,1H3,(H,25,27). The van der Waals surface area contributed by atoms with Crippen LogP contribution in [0.2, 0.25) is 5.02 Å². The number of anilines is 1. The second-order valence-electron chi connectivity index (χ2n) is 7.59.